The molecule has 0 radical (unpaired) electrons. The molecule has 0 aromatic carbocycles. The lowest BCUT2D eigenvalue weighted by molar-refractivity contribution is 0.0981. The maximum atomic E-state index is 11.8. The molecule has 5 heteroatoms. The van der Waals surface area contributed by atoms with Gasteiger partial charge in [0.2, 0.25) is 0 Å². The number of rotatable bonds is 6. The number of hydrogen-bond acceptors (Lipinski definition) is 3. The van der Waals surface area contributed by atoms with Crippen LogP contribution in [0.1, 0.15) is 55.8 Å². The molecule has 0 N–H and O–H groups in total. The first-order valence-corrected chi connectivity index (χ1v) is 6.69. The van der Waals surface area contributed by atoms with Gasteiger partial charge in [0.05, 0.1) is 6.54 Å². The number of aromatic nitrogens is 4. The Bertz CT molecular complexity index is 553. The number of ketones is 1. The zero-order chi connectivity index (χ0) is 13.8. The first-order valence-electron chi connectivity index (χ1n) is 6.69. The summed E-state index contributed by atoms with van der Waals surface area (Å²) in [6.07, 6.45) is 6.86. The van der Waals surface area contributed by atoms with Crippen molar-refractivity contribution in [3.05, 3.63) is 36.2 Å². The second-order valence-corrected chi connectivity index (χ2v) is 4.96. The summed E-state index contributed by atoms with van der Waals surface area (Å²) in [6.45, 7) is 6.80. The molecule has 0 saturated heterocycles. The minimum Gasteiger partial charge on any atom is -0.346 e. The van der Waals surface area contributed by atoms with E-state index in [1.54, 1.807) is 6.33 Å². The molecule has 0 aliphatic rings. The number of hydrogen-bond donors (Lipinski definition) is 0. The molecule has 2 aromatic heterocycles. The Morgan fingerprint density at radius 1 is 1.42 bits per heavy atom. The number of carbonyl (C=O) groups is 1. The van der Waals surface area contributed by atoms with Crippen LogP contribution in [-0.4, -0.2) is 25.1 Å². The monoisotopic (exact) mass is 260 g/mol. The maximum Gasteiger partial charge on any atom is 0.164 e. The van der Waals surface area contributed by atoms with E-state index in [0.29, 0.717) is 13.0 Å². The molecule has 0 unspecified atom stereocenters. The third-order valence-corrected chi connectivity index (χ3v) is 3.01. The summed E-state index contributed by atoms with van der Waals surface area (Å²) in [6, 6.07) is 2.16. The van der Waals surface area contributed by atoms with Crippen molar-refractivity contribution < 1.29 is 4.79 Å². The normalized spacial score (nSPS) is 11.2. The predicted octanol–water partition coefficient (Wildman–Crippen LogP) is 2.69. The van der Waals surface area contributed by atoms with E-state index in [2.05, 4.69) is 23.9 Å². The van der Waals surface area contributed by atoms with E-state index < -0.39 is 0 Å². The number of nitrogens with zero attached hydrogens (tertiary/aromatic N) is 4. The van der Waals surface area contributed by atoms with Crippen molar-refractivity contribution in [1.29, 1.82) is 0 Å². The van der Waals surface area contributed by atoms with E-state index in [1.165, 1.54) is 0 Å². The highest BCUT2D eigenvalue weighted by atomic mass is 16.1. The van der Waals surface area contributed by atoms with Gasteiger partial charge in [0.1, 0.15) is 12.2 Å². The Kier molecular flexibility index (Phi) is 4.14. The molecule has 0 aliphatic carbocycles. The van der Waals surface area contributed by atoms with Gasteiger partial charge < -0.3 is 4.57 Å². The number of carbonyl (C=O) groups excluding carboxylic acids is 1. The standard InChI is InChI=1S/C14H20N4O/c1-4-5-13(19)12-6-7-17(8-12)9-14-15-10-16-18(14)11(2)3/h6-8,10-11H,4-5,9H2,1-3H3. The fourth-order valence-electron chi connectivity index (χ4n) is 2.06. The van der Waals surface area contributed by atoms with E-state index in [1.807, 2.05) is 34.6 Å². The van der Waals surface area contributed by atoms with Crippen LogP contribution < -0.4 is 0 Å². The molecule has 0 amide bonds. The van der Waals surface area contributed by atoms with Crippen LogP contribution in [-0.2, 0) is 6.54 Å². The van der Waals surface area contributed by atoms with Gasteiger partial charge in [-0.2, -0.15) is 5.10 Å². The molecule has 102 valence electrons. The van der Waals surface area contributed by atoms with Crippen LogP contribution in [0.25, 0.3) is 0 Å². The van der Waals surface area contributed by atoms with Gasteiger partial charge in [-0.15, -0.1) is 0 Å². The van der Waals surface area contributed by atoms with Crippen molar-refractivity contribution in [3.63, 3.8) is 0 Å². The third kappa shape index (κ3) is 3.10. The Balaban J connectivity index is 2.11. The molecule has 5 nitrogen and oxygen atoms in total. The van der Waals surface area contributed by atoms with Crippen molar-refractivity contribution in [3.8, 4) is 0 Å². The highest BCUT2D eigenvalue weighted by Gasteiger charge is 2.10. The van der Waals surface area contributed by atoms with E-state index in [0.717, 1.165) is 17.8 Å². The quantitative estimate of drug-likeness (QED) is 0.750. The summed E-state index contributed by atoms with van der Waals surface area (Å²) >= 11 is 0. The minimum absolute atomic E-state index is 0.201. The largest absolute Gasteiger partial charge is 0.346 e. The molecule has 0 atom stereocenters. The van der Waals surface area contributed by atoms with Crippen LogP contribution >= 0.6 is 0 Å². The highest BCUT2D eigenvalue weighted by molar-refractivity contribution is 5.95. The first-order chi connectivity index (χ1) is 9.11. The van der Waals surface area contributed by atoms with Crippen LogP contribution in [0, 0.1) is 0 Å². The van der Waals surface area contributed by atoms with Crippen molar-refractivity contribution in [1.82, 2.24) is 19.3 Å². The molecule has 0 bridgehead atoms. The van der Waals surface area contributed by atoms with Crippen LogP contribution in [0.15, 0.2) is 24.8 Å². The van der Waals surface area contributed by atoms with Gasteiger partial charge in [0.15, 0.2) is 5.78 Å². The summed E-state index contributed by atoms with van der Waals surface area (Å²) in [5, 5.41) is 4.21. The van der Waals surface area contributed by atoms with Crippen LogP contribution in [0.5, 0.6) is 0 Å². The lowest BCUT2D eigenvalue weighted by atomic mass is 10.1. The predicted molar refractivity (Wildman–Crippen MR) is 73.2 cm³/mol. The topological polar surface area (TPSA) is 52.7 Å². The maximum absolute atomic E-state index is 11.8. The molecule has 0 saturated carbocycles. The average molecular weight is 260 g/mol. The fourth-order valence-corrected chi connectivity index (χ4v) is 2.06. The van der Waals surface area contributed by atoms with Crippen molar-refractivity contribution in [2.45, 2.75) is 46.2 Å². The molecular weight excluding hydrogens is 240 g/mol. The Morgan fingerprint density at radius 2 is 2.21 bits per heavy atom. The Morgan fingerprint density at radius 3 is 2.89 bits per heavy atom. The van der Waals surface area contributed by atoms with Gasteiger partial charge in [-0.3, -0.25) is 4.79 Å². The smallest absolute Gasteiger partial charge is 0.164 e. The van der Waals surface area contributed by atoms with Crippen LogP contribution in [0.4, 0.5) is 0 Å². The second kappa shape index (κ2) is 5.82. The summed E-state index contributed by atoms with van der Waals surface area (Å²) < 4.78 is 3.87. The SMILES string of the molecule is CCCC(=O)c1ccn(Cc2ncnn2C(C)C)c1. The fraction of sp³-hybridized carbons (Fsp3) is 0.500. The summed E-state index contributed by atoms with van der Waals surface area (Å²) in [7, 11) is 0. The van der Waals surface area contributed by atoms with Crippen molar-refractivity contribution >= 4 is 5.78 Å². The van der Waals surface area contributed by atoms with Gasteiger partial charge in [-0.05, 0) is 26.3 Å². The van der Waals surface area contributed by atoms with E-state index in [9.17, 15) is 4.79 Å². The molecule has 2 rings (SSSR count). The van der Waals surface area contributed by atoms with E-state index >= 15 is 0 Å². The van der Waals surface area contributed by atoms with Crippen molar-refractivity contribution in [2.24, 2.45) is 0 Å². The molecular formula is C14H20N4O. The Labute approximate surface area is 113 Å². The van der Waals surface area contributed by atoms with E-state index in [4.69, 9.17) is 0 Å². The van der Waals surface area contributed by atoms with Gasteiger partial charge in [0.25, 0.3) is 0 Å². The molecule has 0 fully saturated rings. The van der Waals surface area contributed by atoms with Gasteiger partial charge in [-0.25, -0.2) is 9.67 Å². The van der Waals surface area contributed by atoms with Gasteiger partial charge >= 0.3 is 0 Å². The Hall–Kier alpha value is -1.91. The molecule has 2 heterocycles. The zero-order valence-electron chi connectivity index (χ0n) is 11.7. The summed E-state index contributed by atoms with van der Waals surface area (Å²) in [4.78, 5) is 16.1. The second-order valence-electron chi connectivity index (χ2n) is 4.96. The van der Waals surface area contributed by atoms with E-state index in [-0.39, 0.29) is 11.8 Å². The summed E-state index contributed by atoms with van der Waals surface area (Å²) in [5.41, 5.74) is 0.775. The molecule has 2 aromatic rings. The van der Waals surface area contributed by atoms with Crippen molar-refractivity contribution in [2.75, 3.05) is 0 Å². The van der Waals surface area contributed by atoms with Crippen LogP contribution in [0.2, 0.25) is 0 Å². The third-order valence-electron chi connectivity index (χ3n) is 3.01. The van der Waals surface area contributed by atoms with Gasteiger partial charge in [0, 0.05) is 30.4 Å². The average Bonchev–Trinajstić information content (AvgIpc) is 2.99. The number of Topliss-reactive ketones (excluding diaryl/α,β-unsaturated/α-hetero) is 1. The molecule has 19 heavy (non-hydrogen) atoms. The lowest BCUT2D eigenvalue weighted by Gasteiger charge is -2.09. The minimum atomic E-state index is 0.201. The van der Waals surface area contributed by atoms with Gasteiger partial charge in [-0.1, -0.05) is 6.92 Å². The summed E-state index contributed by atoms with van der Waals surface area (Å²) in [5.74, 6) is 1.10. The lowest BCUT2D eigenvalue weighted by Crippen LogP contribution is -2.11. The first kappa shape index (κ1) is 13.5. The molecule has 0 spiro atoms. The molecule has 0 aliphatic heterocycles. The zero-order valence-corrected chi connectivity index (χ0v) is 11.7. The highest BCUT2D eigenvalue weighted by Crippen LogP contribution is 2.10. The van der Waals surface area contributed by atoms with Crippen LogP contribution in [0.3, 0.4) is 0 Å².